The van der Waals surface area contributed by atoms with E-state index in [0.717, 1.165) is 45.2 Å². The molecule has 1 heterocycles. The molecule has 0 aromatic rings. The second kappa shape index (κ2) is 6.56. The van der Waals surface area contributed by atoms with Gasteiger partial charge in [-0.25, -0.2) is 0 Å². The Morgan fingerprint density at radius 3 is 2.63 bits per heavy atom. The predicted octanol–water partition coefficient (Wildman–Crippen LogP) is 2.89. The summed E-state index contributed by atoms with van der Waals surface area (Å²) in [6.07, 6.45) is 10.6. The van der Waals surface area contributed by atoms with Crippen molar-refractivity contribution in [3.8, 4) is 0 Å². The van der Waals surface area contributed by atoms with E-state index < -0.39 is 0 Å². The quantitative estimate of drug-likeness (QED) is 0.794. The Kier molecular flexibility index (Phi) is 5.03. The molecule has 3 heteroatoms. The smallest absolute Gasteiger partial charge is 0.226 e. The van der Waals surface area contributed by atoms with Gasteiger partial charge in [-0.05, 0) is 50.4 Å². The van der Waals surface area contributed by atoms with E-state index in [1.54, 1.807) is 0 Å². The average Bonchev–Trinajstić information content (AvgIpc) is 2.48. The molecule has 0 saturated carbocycles. The standard InChI is InChI=1S/C16H27NO2/c1-2-16(13-18)8-10-17(11-9-16)15(19)12-14-6-4-3-5-7-14/h6,18H,2-5,7-13H2,1H3. The van der Waals surface area contributed by atoms with Crippen LogP contribution in [0.1, 0.15) is 58.3 Å². The highest BCUT2D eigenvalue weighted by Gasteiger charge is 2.33. The molecule has 1 aliphatic carbocycles. The minimum Gasteiger partial charge on any atom is -0.396 e. The van der Waals surface area contributed by atoms with Crippen molar-refractivity contribution in [3.05, 3.63) is 11.6 Å². The van der Waals surface area contributed by atoms with E-state index in [1.165, 1.54) is 18.4 Å². The van der Waals surface area contributed by atoms with Crippen molar-refractivity contribution in [2.24, 2.45) is 5.41 Å². The molecule has 2 aliphatic rings. The van der Waals surface area contributed by atoms with Crippen LogP contribution in [0.4, 0.5) is 0 Å². The third-order valence-electron chi connectivity index (χ3n) is 5.03. The number of nitrogens with zero attached hydrogens (tertiary/aromatic N) is 1. The first-order valence-electron chi connectivity index (χ1n) is 7.76. The summed E-state index contributed by atoms with van der Waals surface area (Å²) in [5, 5.41) is 9.51. The Hall–Kier alpha value is -0.830. The van der Waals surface area contributed by atoms with Gasteiger partial charge in [-0.3, -0.25) is 4.79 Å². The molecule has 3 nitrogen and oxygen atoms in total. The molecule has 1 fully saturated rings. The van der Waals surface area contributed by atoms with Gasteiger partial charge < -0.3 is 10.0 Å². The number of amides is 1. The molecule has 0 radical (unpaired) electrons. The normalized spacial score (nSPS) is 23.1. The number of carbonyl (C=O) groups is 1. The molecular formula is C16H27NO2. The third-order valence-corrected chi connectivity index (χ3v) is 5.03. The van der Waals surface area contributed by atoms with Gasteiger partial charge in [-0.1, -0.05) is 18.6 Å². The summed E-state index contributed by atoms with van der Waals surface area (Å²) in [5.74, 6) is 0.288. The van der Waals surface area contributed by atoms with Gasteiger partial charge in [0.25, 0.3) is 0 Å². The van der Waals surface area contributed by atoms with Crippen LogP contribution in [0.3, 0.4) is 0 Å². The highest BCUT2D eigenvalue weighted by Crippen LogP contribution is 2.34. The number of allylic oxidation sites excluding steroid dienone is 1. The van der Waals surface area contributed by atoms with E-state index in [9.17, 15) is 9.90 Å². The van der Waals surface area contributed by atoms with Gasteiger partial charge in [0.05, 0.1) is 0 Å². The van der Waals surface area contributed by atoms with E-state index in [0.29, 0.717) is 6.42 Å². The van der Waals surface area contributed by atoms with Gasteiger partial charge in [-0.2, -0.15) is 0 Å². The zero-order chi connectivity index (χ0) is 13.7. The number of aliphatic hydroxyl groups is 1. The van der Waals surface area contributed by atoms with Gasteiger partial charge in [0, 0.05) is 26.1 Å². The summed E-state index contributed by atoms with van der Waals surface area (Å²) < 4.78 is 0. The summed E-state index contributed by atoms with van der Waals surface area (Å²) in [6.45, 7) is 4.04. The molecule has 1 aliphatic heterocycles. The molecule has 0 bridgehead atoms. The number of hydrogen-bond donors (Lipinski definition) is 1. The van der Waals surface area contributed by atoms with Crippen molar-refractivity contribution >= 4 is 5.91 Å². The lowest BCUT2D eigenvalue weighted by atomic mass is 9.77. The maximum Gasteiger partial charge on any atom is 0.226 e. The lowest BCUT2D eigenvalue weighted by molar-refractivity contribution is -0.133. The fourth-order valence-electron chi connectivity index (χ4n) is 3.23. The van der Waals surface area contributed by atoms with E-state index in [-0.39, 0.29) is 17.9 Å². The van der Waals surface area contributed by atoms with E-state index in [4.69, 9.17) is 0 Å². The maximum atomic E-state index is 12.3. The third kappa shape index (κ3) is 3.59. The summed E-state index contributed by atoms with van der Waals surface area (Å²) >= 11 is 0. The Bertz CT molecular complexity index is 335. The summed E-state index contributed by atoms with van der Waals surface area (Å²) in [5.41, 5.74) is 1.41. The minimum atomic E-state index is 0.0703. The predicted molar refractivity (Wildman–Crippen MR) is 76.8 cm³/mol. The summed E-state index contributed by atoms with van der Waals surface area (Å²) in [4.78, 5) is 14.3. The van der Waals surface area contributed by atoms with Crippen LogP contribution in [-0.2, 0) is 4.79 Å². The maximum absolute atomic E-state index is 12.3. The number of carbonyl (C=O) groups excluding carboxylic acids is 1. The Morgan fingerprint density at radius 1 is 1.37 bits per heavy atom. The molecule has 1 N–H and O–H groups in total. The van der Waals surface area contributed by atoms with Crippen LogP contribution in [-0.4, -0.2) is 35.6 Å². The molecule has 1 amide bonds. The number of hydrogen-bond acceptors (Lipinski definition) is 2. The van der Waals surface area contributed by atoms with Crippen molar-refractivity contribution in [1.29, 1.82) is 0 Å². The zero-order valence-corrected chi connectivity index (χ0v) is 12.2. The number of piperidine rings is 1. The first-order chi connectivity index (χ1) is 9.19. The first-order valence-corrected chi connectivity index (χ1v) is 7.76. The van der Waals surface area contributed by atoms with Gasteiger partial charge in [0.1, 0.15) is 0 Å². The van der Waals surface area contributed by atoms with Crippen LogP contribution in [0.25, 0.3) is 0 Å². The number of likely N-dealkylation sites (tertiary alicyclic amines) is 1. The van der Waals surface area contributed by atoms with Crippen molar-refractivity contribution in [2.75, 3.05) is 19.7 Å². The van der Waals surface area contributed by atoms with Crippen molar-refractivity contribution in [2.45, 2.75) is 58.3 Å². The topological polar surface area (TPSA) is 40.5 Å². The molecule has 0 aromatic heterocycles. The van der Waals surface area contributed by atoms with Gasteiger partial charge in [-0.15, -0.1) is 0 Å². The molecule has 0 atom stereocenters. The second-order valence-corrected chi connectivity index (χ2v) is 6.18. The molecule has 0 spiro atoms. The molecule has 19 heavy (non-hydrogen) atoms. The van der Waals surface area contributed by atoms with Gasteiger partial charge >= 0.3 is 0 Å². The highest BCUT2D eigenvalue weighted by atomic mass is 16.3. The van der Waals surface area contributed by atoms with E-state index in [1.807, 2.05) is 4.90 Å². The Balaban J connectivity index is 1.83. The lowest BCUT2D eigenvalue weighted by Gasteiger charge is -2.40. The van der Waals surface area contributed by atoms with Crippen molar-refractivity contribution in [3.63, 3.8) is 0 Å². The van der Waals surface area contributed by atoms with Gasteiger partial charge in [0.2, 0.25) is 5.91 Å². The average molecular weight is 265 g/mol. The molecule has 0 aromatic carbocycles. The fourth-order valence-corrected chi connectivity index (χ4v) is 3.23. The summed E-state index contributed by atoms with van der Waals surface area (Å²) in [7, 11) is 0. The largest absolute Gasteiger partial charge is 0.396 e. The van der Waals surface area contributed by atoms with Crippen LogP contribution in [0.5, 0.6) is 0 Å². The van der Waals surface area contributed by atoms with Crippen LogP contribution >= 0.6 is 0 Å². The monoisotopic (exact) mass is 265 g/mol. The number of rotatable bonds is 4. The van der Waals surface area contributed by atoms with Crippen molar-refractivity contribution < 1.29 is 9.90 Å². The Morgan fingerprint density at radius 2 is 2.11 bits per heavy atom. The lowest BCUT2D eigenvalue weighted by Crippen LogP contribution is -2.44. The van der Waals surface area contributed by atoms with E-state index in [2.05, 4.69) is 13.0 Å². The zero-order valence-electron chi connectivity index (χ0n) is 12.2. The van der Waals surface area contributed by atoms with Crippen LogP contribution in [0.15, 0.2) is 11.6 Å². The molecule has 108 valence electrons. The molecular weight excluding hydrogens is 238 g/mol. The summed E-state index contributed by atoms with van der Waals surface area (Å²) in [6, 6.07) is 0. The molecule has 2 rings (SSSR count). The minimum absolute atomic E-state index is 0.0703. The molecule has 0 unspecified atom stereocenters. The fraction of sp³-hybridized carbons (Fsp3) is 0.812. The molecule has 1 saturated heterocycles. The number of aliphatic hydroxyl groups excluding tert-OH is 1. The van der Waals surface area contributed by atoms with Crippen LogP contribution in [0, 0.1) is 5.41 Å². The van der Waals surface area contributed by atoms with Crippen LogP contribution < -0.4 is 0 Å². The van der Waals surface area contributed by atoms with Gasteiger partial charge in [0.15, 0.2) is 0 Å². The first kappa shape index (κ1) is 14.6. The second-order valence-electron chi connectivity index (χ2n) is 6.18. The van der Waals surface area contributed by atoms with E-state index >= 15 is 0 Å². The van der Waals surface area contributed by atoms with Crippen LogP contribution in [0.2, 0.25) is 0 Å². The van der Waals surface area contributed by atoms with Crippen molar-refractivity contribution in [1.82, 2.24) is 4.90 Å². The SMILES string of the molecule is CCC1(CO)CCN(C(=O)CC2=CCCCC2)CC1. The highest BCUT2D eigenvalue weighted by molar-refractivity contribution is 5.78. The Labute approximate surface area is 116 Å².